The van der Waals surface area contributed by atoms with Crippen molar-refractivity contribution in [2.45, 2.75) is 30.7 Å². The zero-order valence-electron chi connectivity index (χ0n) is 16.0. The Morgan fingerprint density at radius 2 is 2.10 bits per heavy atom. The van der Waals surface area contributed by atoms with Crippen LogP contribution in [0.25, 0.3) is 10.9 Å². The average molecular weight is 415 g/mol. The molecule has 1 atom stereocenters. The summed E-state index contributed by atoms with van der Waals surface area (Å²) in [7, 11) is -2.32. The molecular formula is C19H21N5O4S. The molecule has 3 heterocycles. The van der Waals surface area contributed by atoms with Crippen molar-refractivity contribution in [1.29, 1.82) is 0 Å². The fourth-order valence-electron chi connectivity index (χ4n) is 3.64. The Balaban J connectivity index is 1.66. The van der Waals surface area contributed by atoms with Gasteiger partial charge in [-0.05, 0) is 43.5 Å². The van der Waals surface area contributed by atoms with Crippen molar-refractivity contribution >= 4 is 32.5 Å². The van der Waals surface area contributed by atoms with Crippen molar-refractivity contribution in [3.63, 3.8) is 0 Å². The minimum Gasteiger partial charge on any atom is -0.324 e. The highest BCUT2D eigenvalue weighted by Crippen LogP contribution is 2.31. The number of benzene rings is 1. The van der Waals surface area contributed by atoms with E-state index >= 15 is 0 Å². The van der Waals surface area contributed by atoms with Crippen molar-refractivity contribution in [3.05, 3.63) is 52.6 Å². The van der Waals surface area contributed by atoms with Crippen molar-refractivity contribution in [2.24, 2.45) is 7.05 Å². The first-order valence-corrected chi connectivity index (χ1v) is 10.6. The maximum Gasteiger partial charge on any atom is 0.252 e. The van der Waals surface area contributed by atoms with Crippen LogP contribution in [0.3, 0.4) is 0 Å². The molecular weight excluding hydrogens is 394 g/mol. The van der Waals surface area contributed by atoms with E-state index < -0.39 is 22.0 Å². The van der Waals surface area contributed by atoms with Crippen molar-refractivity contribution < 1.29 is 13.2 Å². The monoisotopic (exact) mass is 415 g/mol. The van der Waals surface area contributed by atoms with E-state index in [4.69, 9.17) is 0 Å². The second kappa shape index (κ2) is 7.12. The summed E-state index contributed by atoms with van der Waals surface area (Å²) in [5, 5.41) is 10.1. The van der Waals surface area contributed by atoms with Gasteiger partial charge in [-0.3, -0.25) is 14.7 Å². The molecule has 9 nitrogen and oxygen atoms in total. The molecule has 1 fully saturated rings. The highest BCUT2D eigenvalue weighted by molar-refractivity contribution is 7.89. The van der Waals surface area contributed by atoms with Crippen LogP contribution in [0.15, 0.2) is 46.3 Å². The van der Waals surface area contributed by atoms with Crippen LogP contribution in [0.4, 0.5) is 5.69 Å². The topological polar surface area (TPSA) is 117 Å². The van der Waals surface area contributed by atoms with E-state index in [0.717, 1.165) is 5.56 Å². The third-order valence-electron chi connectivity index (χ3n) is 5.12. The third kappa shape index (κ3) is 3.45. The maximum absolute atomic E-state index is 13.4. The molecule has 0 saturated carbocycles. The van der Waals surface area contributed by atoms with Crippen LogP contribution in [-0.2, 0) is 21.9 Å². The van der Waals surface area contributed by atoms with Gasteiger partial charge in [0.2, 0.25) is 15.9 Å². The minimum absolute atomic E-state index is 0.110. The molecule has 0 spiro atoms. The second-order valence-electron chi connectivity index (χ2n) is 7.22. The lowest BCUT2D eigenvalue weighted by Crippen LogP contribution is -2.43. The summed E-state index contributed by atoms with van der Waals surface area (Å²) in [4.78, 5) is 24.7. The van der Waals surface area contributed by atoms with Gasteiger partial charge in [0.1, 0.15) is 10.9 Å². The largest absolute Gasteiger partial charge is 0.324 e. The number of nitrogens with one attached hydrogen (secondary N) is 2. The van der Waals surface area contributed by atoms with Crippen LogP contribution < -0.4 is 10.9 Å². The number of hydrogen-bond donors (Lipinski definition) is 2. The molecule has 3 aromatic rings. The quantitative estimate of drug-likeness (QED) is 0.667. The molecule has 152 valence electrons. The summed E-state index contributed by atoms with van der Waals surface area (Å²) in [6.07, 6.45) is 4.11. The van der Waals surface area contributed by atoms with Gasteiger partial charge in [-0.15, -0.1) is 0 Å². The lowest BCUT2D eigenvalue weighted by atomic mass is 10.2. The molecule has 1 amide bonds. The summed E-state index contributed by atoms with van der Waals surface area (Å²) in [5.41, 5.74) is 1.29. The molecule has 10 heteroatoms. The number of carbonyl (C=O) groups excluding carboxylic acids is 1. The summed E-state index contributed by atoms with van der Waals surface area (Å²) >= 11 is 0. The van der Waals surface area contributed by atoms with Gasteiger partial charge in [-0.25, -0.2) is 8.42 Å². The molecule has 2 N–H and O–H groups in total. The number of aryl methyl sites for hydroxylation is 2. The van der Waals surface area contributed by atoms with Crippen molar-refractivity contribution in [2.75, 3.05) is 11.9 Å². The first-order valence-electron chi connectivity index (χ1n) is 9.20. The summed E-state index contributed by atoms with van der Waals surface area (Å²) in [5.74, 6) is -0.451. The number of aromatic amines is 1. The van der Waals surface area contributed by atoms with E-state index in [1.165, 1.54) is 14.9 Å². The fraction of sp³-hybridized carbons (Fsp3) is 0.316. The highest BCUT2D eigenvalue weighted by Gasteiger charge is 2.40. The number of nitrogens with zero attached hydrogens (tertiary/aromatic N) is 3. The molecule has 1 aromatic carbocycles. The van der Waals surface area contributed by atoms with Crippen LogP contribution in [-0.4, -0.2) is 46.0 Å². The lowest BCUT2D eigenvalue weighted by Gasteiger charge is -2.24. The number of fused-ring (bicyclic) bond motifs is 1. The van der Waals surface area contributed by atoms with E-state index in [1.807, 2.05) is 13.0 Å². The van der Waals surface area contributed by atoms with Gasteiger partial charge < -0.3 is 9.88 Å². The molecule has 4 rings (SSSR count). The van der Waals surface area contributed by atoms with Gasteiger partial charge in [-0.1, -0.05) is 0 Å². The van der Waals surface area contributed by atoms with Gasteiger partial charge in [-0.2, -0.15) is 9.40 Å². The van der Waals surface area contributed by atoms with Crippen molar-refractivity contribution in [1.82, 2.24) is 19.1 Å². The first kappa shape index (κ1) is 19.3. The van der Waals surface area contributed by atoms with Crippen LogP contribution in [0.2, 0.25) is 0 Å². The predicted molar refractivity (Wildman–Crippen MR) is 108 cm³/mol. The normalized spacial score (nSPS) is 17.7. The zero-order chi connectivity index (χ0) is 20.8. The molecule has 0 aliphatic carbocycles. The first-order chi connectivity index (χ1) is 13.8. The Kier molecular flexibility index (Phi) is 4.75. The molecule has 1 aliphatic heterocycles. The van der Waals surface area contributed by atoms with E-state index in [-0.39, 0.29) is 17.0 Å². The standard InChI is InChI=1S/C19H21N5O4S/c1-12-8-13-11-20-22-18(13)16(9-12)29(27,28)24-6-3-4-15(24)19(26)21-14-5-7-23(2)17(25)10-14/h5,7-11,15H,3-4,6H2,1-2H3,(H,20,22)(H,21,26)/t15-/m0/s1. The lowest BCUT2D eigenvalue weighted by molar-refractivity contribution is -0.119. The van der Waals surface area contributed by atoms with E-state index in [9.17, 15) is 18.0 Å². The second-order valence-corrected chi connectivity index (χ2v) is 9.08. The Morgan fingerprint density at radius 1 is 1.31 bits per heavy atom. The fourth-order valence-corrected chi connectivity index (χ4v) is 5.55. The number of rotatable bonds is 4. The summed E-state index contributed by atoms with van der Waals surface area (Å²) in [6, 6.07) is 5.50. The zero-order valence-corrected chi connectivity index (χ0v) is 16.9. The Morgan fingerprint density at radius 3 is 2.86 bits per heavy atom. The highest BCUT2D eigenvalue weighted by atomic mass is 32.2. The number of H-pyrrole nitrogens is 1. The van der Waals surface area contributed by atoms with Gasteiger partial charge in [0, 0.05) is 36.9 Å². The minimum atomic E-state index is -3.92. The van der Waals surface area contributed by atoms with Crippen molar-refractivity contribution in [3.8, 4) is 0 Å². The molecule has 0 radical (unpaired) electrons. The van der Waals surface area contributed by atoms with Gasteiger partial charge in [0.15, 0.2) is 0 Å². The number of hydrogen-bond acceptors (Lipinski definition) is 5. The number of sulfonamides is 1. The third-order valence-corrected chi connectivity index (χ3v) is 7.05. The molecule has 29 heavy (non-hydrogen) atoms. The number of pyridine rings is 1. The number of amides is 1. The molecule has 1 saturated heterocycles. The Hall–Kier alpha value is -2.98. The number of carbonyl (C=O) groups is 1. The van der Waals surface area contributed by atoms with E-state index in [2.05, 4.69) is 15.5 Å². The Labute approximate surface area is 167 Å². The molecule has 0 bridgehead atoms. The maximum atomic E-state index is 13.4. The van der Waals surface area contributed by atoms with Gasteiger partial charge in [0.25, 0.3) is 5.56 Å². The van der Waals surface area contributed by atoms with Crippen LogP contribution in [0, 0.1) is 6.92 Å². The molecule has 2 aromatic heterocycles. The summed E-state index contributed by atoms with van der Waals surface area (Å²) in [6.45, 7) is 2.07. The number of aromatic nitrogens is 3. The van der Waals surface area contributed by atoms with Gasteiger partial charge >= 0.3 is 0 Å². The van der Waals surface area contributed by atoms with Crippen LogP contribution in [0.5, 0.6) is 0 Å². The average Bonchev–Trinajstić information content (AvgIpc) is 3.33. The SMILES string of the molecule is Cc1cc(S(=O)(=O)N2CCC[C@H]2C(=O)Nc2ccn(C)c(=O)c2)c2[nH]ncc2c1. The van der Waals surface area contributed by atoms with Gasteiger partial charge in [0.05, 0.1) is 11.7 Å². The predicted octanol–water partition coefficient (Wildman–Crippen LogP) is 1.36. The number of anilines is 1. The molecule has 1 aliphatic rings. The summed E-state index contributed by atoms with van der Waals surface area (Å²) < 4.78 is 29.4. The van der Waals surface area contributed by atoms with Crippen LogP contribution >= 0.6 is 0 Å². The van der Waals surface area contributed by atoms with E-state index in [1.54, 1.807) is 31.6 Å². The molecule has 0 unspecified atom stereocenters. The van der Waals surface area contributed by atoms with Crippen LogP contribution in [0.1, 0.15) is 18.4 Å². The Bertz CT molecular complexity index is 1260. The smallest absolute Gasteiger partial charge is 0.252 e. The van der Waals surface area contributed by atoms with E-state index in [0.29, 0.717) is 29.4 Å².